The van der Waals surface area contributed by atoms with Crippen LogP contribution in [0.4, 0.5) is 5.69 Å². The summed E-state index contributed by atoms with van der Waals surface area (Å²) in [6.45, 7) is 2.94. The Morgan fingerprint density at radius 1 is 0.893 bits per heavy atom. The van der Waals surface area contributed by atoms with Gasteiger partial charge in [-0.3, -0.25) is 4.79 Å². The Balaban J connectivity index is 1.71. The van der Waals surface area contributed by atoms with E-state index in [1.54, 1.807) is 13.2 Å². The zero-order valence-corrected chi connectivity index (χ0v) is 16.3. The highest BCUT2D eigenvalue weighted by molar-refractivity contribution is 6.04. The van der Waals surface area contributed by atoms with E-state index in [-0.39, 0.29) is 5.91 Å². The number of carbonyl (C=O) groups excluding carboxylic acids is 1. The summed E-state index contributed by atoms with van der Waals surface area (Å²) in [5, 5.41) is 3.00. The van der Waals surface area contributed by atoms with Gasteiger partial charge in [-0.15, -0.1) is 0 Å². The largest absolute Gasteiger partial charge is 0.496 e. The van der Waals surface area contributed by atoms with Gasteiger partial charge in [0.1, 0.15) is 5.75 Å². The molecule has 1 N–H and O–H groups in total. The average Bonchev–Trinajstić information content (AvgIpc) is 2.74. The molecule has 3 aromatic rings. The number of amides is 1. The summed E-state index contributed by atoms with van der Waals surface area (Å²) in [4.78, 5) is 12.7. The second-order valence-electron chi connectivity index (χ2n) is 6.47. The van der Waals surface area contributed by atoms with Gasteiger partial charge in [0.15, 0.2) is 0 Å². The fourth-order valence-corrected chi connectivity index (χ4v) is 3.03. The molecule has 0 aliphatic carbocycles. The van der Waals surface area contributed by atoms with Crippen LogP contribution in [-0.4, -0.2) is 13.0 Å². The van der Waals surface area contributed by atoms with Crippen LogP contribution < -0.4 is 10.1 Å². The lowest BCUT2D eigenvalue weighted by molar-refractivity contribution is 0.102. The first-order chi connectivity index (χ1) is 13.7. The number of ether oxygens (including phenoxy) is 2. The molecule has 28 heavy (non-hydrogen) atoms. The number of anilines is 1. The minimum atomic E-state index is -0.145. The number of methoxy groups -OCH3 is 1. The maximum atomic E-state index is 12.7. The maximum absolute atomic E-state index is 12.7. The van der Waals surface area contributed by atoms with Crippen LogP contribution in [-0.2, 0) is 24.4 Å². The molecule has 0 atom stereocenters. The molecule has 0 fully saturated rings. The number of para-hydroxylation sites is 1. The van der Waals surface area contributed by atoms with Crippen LogP contribution in [0.15, 0.2) is 72.8 Å². The molecule has 0 unspecified atom stereocenters. The van der Waals surface area contributed by atoms with Crippen molar-refractivity contribution in [1.29, 1.82) is 0 Å². The fraction of sp³-hybridized carbons (Fsp3) is 0.208. The van der Waals surface area contributed by atoms with E-state index >= 15 is 0 Å². The minimum Gasteiger partial charge on any atom is -0.496 e. The number of carbonyl (C=O) groups is 1. The average molecular weight is 375 g/mol. The van der Waals surface area contributed by atoms with Crippen molar-refractivity contribution in [2.45, 2.75) is 26.6 Å². The van der Waals surface area contributed by atoms with E-state index in [0.717, 1.165) is 28.8 Å². The predicted octanol–water partition coefficient (Wildman–Crippen LogP) is 5.23. The number of hydrogen-bond donors (Lipinski definition) is 1. The maximum Gasteiger partial charge on any atom is 0.255 e. The van der Waals surface area contributed by atoms with Gasteiger partial charge < -0.3 is 14.8 Å². The molecule has 3 aromatic carbocycles. The smallest absolute Gasteiger partial charge is 0.255 e. The van der Waals surface area contributed by atoms with Gasteiger partial charge in [-0.05, 0) is 41.8 Å². The van der Waals surface area contributed by atoms with E-state index in [0.29, 0.717) is 24.5 Å². The van der Waals surface area contributed by atoms with Crippen LogP contribution in [0.25, 0.3) is 0 Å². The first kappa shape index (κ1) is 19.6. The summed E-state index contributed by atoms with van der Waals surface area (Å²) in [6, 6.07) is 23.2. The molecule has 0 saturated heterocycles. The Morgan fingerprint density at radius 2 is 1.64 bits per heavy atom. The van der Waals surface area contributed by atoms with E-state index in [1.165, 1.54) is 0 Å². The third-order valence-corrected chi connectivity index (χ3v) is 4.56. The number of benzene rings is 3. The molecule has 144 valence electrons. The summed E-state index contributed by atoms with van der Waals surface area (Å²) in [5.74, 6) is 0.562. The Labute approximate surface area is 166 Å². The molecule has 0 aliphatic heterocycles. The van der Waals surface area contributed by atoms with Crippen molar-refractivity contribution in [2.75, 3.05) is 12.4 Å². The lowest BCUT2D eigenvalue weighted by atomic mass is 10.1. The van der Waals surface area contributed by atoms with Gasteiger partial charge in [0.2, 0.25) is 0 Å². The Bertz CT molecular complexity index is 922. The van der Waals surface area contributed by atoms with Crippen molar-refractivity contribution in [2.24, 2.45) is 0 Å². The van der Waals surface area contributed by atoms with E-state index in [2.05, 4.69) is 12.2 Å². The van der Waals surface area contributed by atoms with Gasteiger partial charge in [-0.25, -0.2) is 0 Å². The summed E-state index contributed by atoms with van der Waals surface area (Å²) < 4.78 is 11.3. The molecule has 4 heteroatoms. The molecular formula is C24H25NO3. The topological polar surface area (TPSA) is 47.6 Å². The second-order valence-corrected chi connectivity index (χ2v) is 6.47. The Hall–Kier alpha value is -3.11. The van der Waals surface area contributed by atoms with Crippen LogP contribution in [0, 0.1) is 0 Å². The van der Waals surface area contributed by atoms with E-state index in [4.69, 9.17) is 9.47 Å². The minimum absolute atomic E-state index is 0.145. The van der Waals surface area contributed by atoms with Crippen LogP contribution in [0.1, 0.15) is 34.0 Å². The van der Waals surface area contributed by atoms with Crippen molar-refractivity contribution in [1.82, 2.24) is 0 Å². The summed E-state index contributed by atoms with van der Waals surface area (Å²) in [6.07, 6.45) is 0.859. The molecule has 0 heterocycles. The summed E-state index contributed by atoms with van der Waals surface area (Å²) in [7, 11) is 1.62. The zero-order chi connectivity index (χ0) is 19.8. The quantitative estimate of drug-likeness (QED) is 0.587. The molecule has 0 aromatic heterocycles. The van der Waals surface area contributed by atoms with Crippen molar-refractivity contribution in [3.63, 3.8) is 0 Å². The summed E-state index contributed by atoms with van der Waals surface area (Å²) in [5.41, 5.74) is 4.47. The van der Waals surface area contributed by atoms with Gasteiger partial charge in [0, 0.05) is 16.8 Å². The van der Waals surface area contributed by atoms with Gasteiger partial charge in [0.05, 0.1) is 20.3 Å². The van der Waals surface area contributed by atoms with E-state index in [9.17, 15) is 4.79 Å². The van der Waals surface area contributed by atoms with Gasteiger partial charge >= 0.3 is 0 Å². The van der Waals surface area contributed by atoms with Crippen LogP contribution in [0.3, 0.4) is 0 Å². The zero-order valence-electron chi connectivity index (χ0n) is 16.3. The van der Waals surface area contributed by atoms with Gasteiger partial charge in [-0.2, -0.15) is 0 Å². The molecule has 4 nitrogen and oxygen atoms in total. The van der Waals surface area contributed by atoms with Gasteiger partial charge in [0.25, 0.3) is 5.91 Å². The third-order valence-electron chi connectivity index (χ3n) is 4.56. The van der Waals surface area contributed by atoms with E-state index in [1.807, 2.05) is 66.7 Å². The van der Waals surface area contributed by atoms with Crippen molar-refractivity contribution in [3.05, 3.63) is 95.1 Å². The monoisotopic (exact) mass is 375 g/mol. The third kappa shape index (κ3) is 4.99. The van der Waals surface area contributed by atoms with Crippen molar-refractivity contribution < 1.29 is 14.3 Å². The first-order valence-electron chi connectivity index (χ1n) is 9.39. The van der Waals surface area contributed by atoms with Crippen LogP contribution in [0.2, 0.25) is 0 Å². The molecular weight excluding hydrogens is 350 g/mol. The lowest BCUT2D eigenvalue weighted by Gasteiger charge is -2.13. The molecule has 3 rings (SSSR count). The van der Waals surface area contributed by atoms with Crippen LogP contribution >= 0.6 is 0 Å². The highest BCUT2D eigenvalue weighted by Crippen LogP contribution is 2.23. The number of nitrogens with one attached hydrogen (secondary N) is 1. The first-order valence-corrected chi connectivity index (χ1v) is 9.39. The normalized spacial score (nSPS) is 10.5. The van der Waals surface area contributed by atoms with E-state index < -0.39 is 0 Å². The lowest BCUT2D eigenvalue weighted by Crippen LogP contribution is -2.14. The molecule has 0 aliphatic rings. The fourth-order valence-electron chi connectivity index (χ4n) is 3.03. The predicted molar refractivity (Wildman–Crippen MR) is 112 cm³/mol. The van der Waals surface area contributed by atoms with Crippen LogP contribution in [0.5, 0.6) is 5.75 Å². The number of aryl methyl sites for hydroxylation is 1. The molecule has 0 bridgehead atoms. The van der Waals surface area contributed by atoms with Crippen molar-refractivity contribution in [3.8, 4) is 5.75 Å². The number of hydrogen-bond acceptors (Lipinski definition) is 3. The Morgan fingerprint density at radius 3 is 2.39 bits per heavy atom. The standard InChI is InChI=1S/C24H25NO3/c1-3-19-11-7-8-12-22(19)25-24(26)20-13-14-23(27-2)21(15-20)17-28-16-18-9-5-4-6-10-18/h4-15H,3,16-17H2,1-2H3,(H,25,26). The second kappa shape index (κ2) is 9.72. The molecule has 0 radical (unpaired) electrons. The highest BCUT2D eigenvalue weighted by atomic mass is 16.5. The molecule has 1 amide bonds. The summed E-state index contributed by atoms with van der Waals surface area (Å²) >= 11 is 0. The molecule has 0 saturated carbocycles. The van der Waals surface area contributed by atoms with Crippen molar-refractivity contribution >= 4 is 11.6 Å². The molecule has 0 spiro atoms. The Kier molecular flexibility index (Phi) is 6.82. The highest BCUT2D eigenvalue weighted by Gasteiger charge is 2.12. The number of rotatable bonds is 8. The van der Waals surface area contributed by atoms with Gasteiger partial charge in [-0.1, -0.05) is 55.5 Å². The SMILES string of the molecule is CCc1ccccc1NC(=O)c1ccc(OC)c(COCc2ccccc2)c1.